The van der Waals surface area contributed by atoms with E-state index in [9.17, 15) is 0 Å². The maximum absolute atomic E-state index is 6.27. The number of nitrogens with zero attached hydrogens (tertiary/aromatic N) is 3. The third kappa shape index (κ3) is 8.78. The molecule has 0 amide bonds. The molecule has 6 nitrogen and oxygen atoms in total. The first kappa shape index (κ1) is 33.3. The van der Waals surface area contributed by atoms with E-state index in [0.29, 0.717) is 24.0 Å². The number of hydrogen-bond acceptors (Lipinski definition) is 5. The number of aromatic amines is 1. The van der Waals surface area contributed by atoms with E-state index in [1.54, 1.807) is 0 Å². The average molecular weight is 616 g/mol. The highest BCUT2D eigenvalue weighted by Gasteiger charge is 2.15. The van der Waals surface area contributed by atoms with Gasteiger partial charge in [0, 0.05) is 49.7 Å². The fourth-order valence-electron chi connectivity index (χ4n) is 4.55. The van der Waals surface area contributed by atoms with Crippen LogP contribution in [-0.2, 0) is 12.8 Å². The standard InChI is InChI=1S/C29H35ClN4O2.3ClH/c1-20(2)19-35-27-8-5-23(30)17-22(27)18-24-6-9-28(36-24)29-31-25-7-4-21(16-26(25)32-29)10-11-34-14-12-33(3)13-15-34;;;/h4-9,16-17,20H,10-15,18-19H2,1-3H3,(H,31,32);3*1H. The summed E-state index contributed by atoms with van der Waals surface area (Å²) in [4.78, 5) is 13.2. The number of ether oxygens (including phenoxy) is 1. The van der Waals surface area contributed by atoms with Gasteiger partial charge in [0.25, 0.3) is 0 Å². The lowest BCUT2D eigenvalue weighted by atomic mass is 10.1. The number of fused-ring (bicyclic) bond motifs is 1. The Balaban J connectivity index is 0.00000178. The number of benzene rings is 2. The quantitative estimate of drug-likeness (QED) is 0.217. The second kappa shape index (κ2) is 15.2. The van der Waals surface area contributed by atoms with E-state index in [2.05, 4.69) is 53.9 Å². The van der Waals surface area contributed by atoms with Crippen molar-refractivity contribution in [3.8, 4) is 17.3 Å². The van der Waals surface area contributed by atoms with Crippen LogP contribution in [0.5, 0.6) is 5.75 Å². The fourth-order valence-corrected chi connectivity index (χ4v) is 4.75. The van der Waals surface area contributed by atoms with Crippen molar-refractivity contribution < 1.29 is 9.15 Å². The Kier molecular flexibility index (Phi) is 12.9. The zero-order chi connectivity index (χ0) is 25.1. The first-order valence-electron chi connectivity index (χ1n) is 12.8. The van der Waals surface area contributed by atoms with Crippen molar-refractivity contribution in [2.45, 2.75) is 26.7 Å². The Bertz CT molecular complexity index is 1320. The molecule has 0 radical (unpaired) electrons. The van der Waals surface area contributed by atoms with Crippen LogP contribution in [0, 0.1) is 5.92 Å². The number of rotatable bonds is 9. The predicted molar refractivity (Wildman–Crippen MR) is 168 cm³/mol. The van der Waals surface area contributed by atoms with Gasteiger partial charge in [0.05, 0.1) is 17.6 Å². The van der Waals surface area contributed by atoms with E-state index in [1.807, 2.05) is 30.3 Å². The molecule has 0 aliphatic carbocycles. The first-order valence-corrected chi connectivity index (χ1v) is 13.2. The minimum Gasteiger partial charge on any atom is -0.493 e. The number of nitrogens with one attached hydrogen (secondary N) is 1. The number of halogens is 4. The summed E-state index contributed by atoms with van der Waals surface area (Å²) in [5.74, 6) is 3.61. The lowest BCUT2D eigenvalue weighted by molar-refractivity contribution is 0.155. The van der Waals surface area contributed by atoms with Crippen molar-refractivity contribution in [2.75, 3.05) is 46.4 Å². The molecule has 5 rings (SSSR count). The van der Waals surface area contributed by atoms with Gasteiger partial charge in [0.1, 0.15) is 11.5 Å². The van der Waals surface area contributed by atoms with Crippen LogP contribution in [0.3, 0.4) is 0 Å². The average Bonchev–Trinajstić information content (AvgIpc) is 3.49. The number of imidazole rings is 1. The van der Waals surface area contributed by atoms with Crippen LogP contribution in [0.15, 0.2) is 52.9 Å². The molecule has 1 N–H and O–H groups in total. The van der Waals surface area contributed by atoms with Gasteiger partial charge in [-0.1, -0.05) is 31.5 Å². The molecule has 1 saturated heterocycles. The molecule has 10 heteroatoms. The topological polar surface area (TPSA) is 57.5 Å². The lowest BCUT2D eigenvalue weighted by Crippen LogP contribution is -2.45. The second-order valence-electron chi connectivity index (χ2n) is 10.2. The molecular formula is C29H38Cl4N4O2. The third-order valence-corrected chi connectivity index (χ3v) is 6.95. The van der Waals surface area contributed by atoms with E-state index in [0.717, 1.165) is 78.8 Å². The summed E-state index contributed by atoms with van der Waals surface area (Å²) in [6.07, 6.45) is 1.64. The summed E-state index contributed by atoms with van der Waals surface area (Å²) in [5, 5.41) is 0.689. The van der Waals surface area contributed by atoms with Crippen LogP contribution < -0.4 is 4.74 Å². The minimum absolute atomic E-state index is 0. The molecule has 2 aromatic carbocycles. The van der Waals surface area contributed by atoms with Gasteiger partial charge in [-0.25, -0.2) is 4.98 Å². The summed E-state index contributed by atoms with van der Waals surface area (Å²) < 4.78 is 12.2. The molecule has 39 heavy (non-hydrogen) atoms. The van der Waals surface area contributed by atoms with Crippen molar-refractivity contribution in [3.05, 3.63) is 70.4 Å². The van der Waals surface area contributed by atoms with Gasteiger partial charge < -0.3 is 23.9 Å². The summed E-state index contributed by atoms with van der Waals surface area (Å²) in [7, 11) is 2.19. The Morgan fingerprint density at radius 3 is 2.51 bits per heavy atom. The zero-order valence-electron chi connectivity index (χ0n) is 22.6. The van der Waals surface area contributed by atoms with Crippen molar-refractivity contribution in [1.29, 1.82) is 0 Å². The molecule has 1 aliphatic heterocycles. The van der Waals surface area contributed by atoms with Gasteiger partial charge in [-0.3, -0.25) is 0 Å². The van der Waals surface area contributed by atoms with Gasteiger partial charge >= 0.3 is 0 Å². The highest BCUT2D eigenvalue weighted by atomic mass is 35.5. The summed E-state index contributed by atoms with van der Waals surface area (Å²) in [5.41, 5.74) is 4.32. The molecule has 0 spiro atoms. The Labute approximate surface area is 254 Å². The van der Waals surface area contributed by atoms with Gasteiger partial charge in [-0.2, -0.15) is 0 Å². The van der Waals surface area contributed by atoms with Crippen molar-refractivity contribution in [1.82, 2.24) is 19.8 Å². The van der Waals surface area contributed by atoms with Crippen molar-refractivity contribution in [2.24, 2.45) is 5.92 Å². The molecule has 1 aliphatic rings. The van der Waals surface area contributed by atoms with E-state index >= 15 is 0 Å². The van der Waals surface area contributed by atoms with E-state index in [1.165, 1.54) is 5.56 Å². The van der Waals surface area contributed by atoms with Crippen LogP contribution >= 0.6 is 48.8 Å². The SMILES string of the molecule is CC(C)COc1ccc(Cl)cc1Cc1ccc(-c2nc3cc(CCN4CCN(C)CC4)ccc3[nH]2)o1.Cl.Cl.Cl. The fraction of sp³-hybridized carbons (Fsp3) is 0.414. The number of aromatic nitrogens is 2. The van der Waals surface area contributed by atoms with Gasteiger partial charge in [-0.05, 0) is 67.4 Å². The van der Waals surface area contributed by atoms with Crippen LogP contribution in [0.2, 0.25) is 5.02 Å². The highest BCUT2D eigenvalue weighted by molar-refractivity contribution is 6.30. The van der Waals surface area contributed by atoms with Crippen molar-refractivity contribution in [3.63, 3.8) is 0 Å². The minimum atomic E-state index is 0. The lowest BCUT2D eigenvalue weighted by Gasteiger charge is -2.32. The van der Waals surface area contributed by atoms with Crippen LogP contribution in [0.4, 0.5) is 0 Å². The van der Waals surface area contributed by atoms with E-state index in [-0.39, 0.29) is 37.2 Å². The summed E-state index contributed by atoms with van der Waals surface area (Å²) >= 11 is 6.27. The molecule has 3 heterocycles. The summed E-state index contributed by atoms with van der Waals surface area (Å²) in [6, 6.07) is 16.2. The molecule has 0 unspecified atom stereocenters. The summed E-state index contributed by atoms with van der Waals surface area (Å²) in [6.45, 7) is 10.6. The molecule has 4 aromatic rings. The van der Waals surface area contributed by atoms with Gasteiger partial charge in [-0.15, -0.1) is 37.2 Å². The Morgan fingerprint density at radius 2 is 1.77 bits per heavy atom. The van der Waals surface area contributed by atoms with Crippen molar-refractivity contribution >= 4 is 59.9 Å². The number of likely N-dealkylation sites (N-methyl/N-ethyl adjacent to an activating group) is 1. The van der Waals surface area contributed by atoms with Crippen LogP contribution in [0.25, 0.3) is 22.6 Å². The second-order valence-corrected chi connectivity index (χ2v) is 10.7. The smallest absolute Gasteiger partial charge is 0.174 e. The maximum atomic E-state index is 6.27. The number of furan rings is 1. The monoisotopic (exact) mass is 614 g/mol. The molecule has 2 aromatic heterocycles. The third-order valence-electron chi connectivity index (χ3n) is 6.71. The maximum Gasteiger partial charge on any atom is 0.174 e. The van der Waals surface area contributed by atoms with Crippen LogP contribution in [-0.4, -0.2) is 66.1 Å². The molecule has 0 atom stereocenters. The van der Waals surface area contributed by atoms with Gasteiger partial charge in [0.2, 0.25) is 0 Å². The van der Waals surface area contributed by atoms with E-state index < -0.39 is 0 Å². The van der Waals surface area contributed by atoms with Gasteiger partial charge in [0.15, 0.2) is 11.6 Å². The van der Waals surface area contributed by atoms with Crippen LogP contribution in [0.1, 0.15) is 30.7 Å². The zero-order valence-corrected chi connectivity index (χ0v) is 25.8. The first-order chi connectivity index (χ1) is 17.4. The number of piperazine rings is 1. The number of hydrogen-bond donors (Lipinski definition) is 1. The molecular weight excluding hydrogens is 578 g/mol. The Hall–Kier alpha value is -1.93. The largest absolute Gasteiger partial charge is 0.493 e. The van der Waals surface area contributed by atoms with E-state index in [4.69, 9.17) is 25.7 Å². The Morgan fingerprint density at radius 1 is 1.00 bits per heavy atom. The predicted octanol–water partition coefficient (Wildman–Crippen LogP) is 7.16. The molecule has 214 valence electrons. The molecule has 0 saturated carbocycles. The molecule has 1 fully saturated rings. The highest BCUT2D eigenvalue weighted by Crippen LogP contribution is 2.29. The number of H-pyrrole nitrogens is 1. The normalized spacial score (nSPS) is 14.1. The molecule has 0 bridgehead atoms.